The van der Waals surface area contributed by atoms with Crippen molar-refractivity contribution in [2.75, 3.05) is 0 Å². The molecule has 0 unspecified atom stereocenters. The zero-order chi connectivity index (χ0) is 16.0. The predicted octanol–water partition coefficient (Wildman–Crippen LogP) is 5.92. The minimum Gasteiger partial charge on any atom is -0.0848 e. The van der Waals surface area contributed by atoms with Crippen molar-refractivity contribution in [1.29, 1.82) is 0 Å². The van der Waals surface area contributed by atoms with Gasteiger partial charge in [-0.2, -0.15) is 0 Å². The maximum atomic E-state index is 8.97. The molecule has 0 aliphatic heterocycles. The van der Waals surface area contributed by atoms with Crippen LogP contribution in [0.15, 0.2) is 64.8 Å². The topological polar surface area (TPSA) is 97.5 Å². The summed E-state index contributed by atoms with van der Waals surface area (Å²) in [7, 11) is 0. The molecule has 0 saturated carbocycles. The van der Waals surface area contributed by atoms with E-state index in [1.807, 2.05) is 30.3 Å². The number of benzene rings is 2. The van der Waals surface area contributed by atoms with Crippen LogP contribution in [0.5, 0.6) is 0 Å². The predicted molar refractivity (Wildman–Crippen MR) is 86.3 cm³/mol. The van der Waals surface area contributed by atoms with Crippen LogP contribution in [-0.2, 0) is 5.54 Å². The van der Waals surface area contributed by atoms with Crippen molar-refractivity contribution in [3.63, 3.8) is 0 Å². The first-order valence-corrected chi connectivity index (χ1v) is 6.91. The smallest absolute Gasteiger partial charge is 0.0834 e. The lowest BCUT2D eigenvalue weighted by atomic mass is 9.82. The minimum absolute atomic E-state index is 0.577. The standard InChI is InChI=1S/C15H13ClN6/c1-15(20-22-18,12-5-3-2-4-6-12)14(19-21-17)11-7-9-13(16)10-8-11/h2-10,14H,1H3/t14-,15+/m1/s1. The Kier molecular flexibility index (Phi) is 4.92. The number of nitrogens with zero attached hydrogens (tertiary/aromatic N) is 6. The fraction of sp³-hybridized carbons (Fsp3) is 0.200. The van der Waals surface area contributed by atoms with Crippen molar-refractivity contribution >= 4 is 11.6 Å². The summed E-state index contributed by atoms with van der Waals surface area (Å²) in [5.74, 6) is 0. The van der Waals surface area contributed by atoms with Gasteiger partial charge in [0.1, 0.15) is 0 Å². The van der Waals surface area contributed by atoms with Crippen LogP contribution < -0.4 is 0 Å². The van der Waals surface area contributed by atoms with Crippen LogP contribution in [0.4, 0.5) is 0 Å². The maximum absolute atomic E-state index is 8.97. The largest absolute Gasteiger partial charge is 0.0848 e. The van der Waals surface area contributed by atoms with Crippen molar-refractivity contribution in [2.24, 2.45) is 10.2 Å². The van der Waals surface area contributed by atoms with E-state index in [1.165, 1.54) is 0 Å². The number of halogens is 1. The molecule has 2 rings (SSSR count). The van der Waals surface area contributed by atoms with E-state index >= 15 is 0 Å². The second-order valence-corrected chi connectivity index (χ2v) is 5.30. The molecule has 0 heterocycles. The van der Waals surface area contributed by atoms with Crippen LogP contribution in [0.25, 0.3) is 20.9 Å². The van der Waals surface area contributed by atoms with Gasteiger partial charge in [0.2, 0.25) is 0 Å². The summed E-state index contributed by atoms with van der Waals surface area (Å²) in [6.45, 7) is 1.75. The van der Waals surface area contributed by atoms with Crippen molar-refractivity contribution in [2.45, 2.75) is 18.5 Å². The van der Waals surface area contributed by atoms with Gasteiger partial charge in [-0.15, -0.1) is 0 Å². The van der Waals surface area contributed by atoms with Crippen LogP contribution in [-0.4, -0.2) is 0 Å². The SMILES string of the molecule is C[C@](N=[N+]=[N-])(c1ccccc1)[C@H](N=[N+]=[N-])c1ccc(Cl)cc1. The third-order valence-corrected chi connectivity index (χ3v) is 3.75. The molecule has 0 N–H and O–H groups in total. The van der Waals surface area contributed by atoms with Gasteiger partial charge in [0, 0.05) is 14.8 Å². The Morgan fingerprint density at radius 3 is 2.18 bits per heavy atom. The van der Waals surface area contributed by atoms with Gasteiger partial charge < -0.3 is 0 Å². The number of hydrogen-bond donors (Lipinski definition) is 0. The second-order valence-electron chi connectivity index (χ2n) is 4.86. The number of rotatable bonds is 5. The molecule has 0 amide bonds. The van der Waals surface area contributed by atoms with Gasteiger partial charge in [0.05, 0.1) is 11.6 Å². The molecule has 2 aromatic carbocycles. The fourth-order valence-electron chi connectivity index (χ4n) is 2.34. The van der Waals surface area contributed by atoms with Gasteiger partial charge in [-0.1, -0.05) is 64.3 Å². The number of hydrogen-bond acceptors (Lipinski definition) is 2. The van der Waals surface area contributed by atoms with E-state index in [-0.39, 0.29) is 0 Å². The third-order valence-electron chi connectivity index (χ3n) is 3.50. The molecule has 0 aliphatic carbocycles. The molecule has 0 bridgehead atoms. The first-order chi connectivity index (χ1) is 10.6. The van der Waals surface area contributed by atoms with Crippen LogP contribution >= 0.6 is 11.6 Å². The Balaban J connectivity index is 2.62. The summed E-state index contributed by atoms with van der Waals surface area (Å²) in [4.78, 5) is 5.86. The summed E-state index contributed by atoms with van der Waals surface area (Å²) in [5.41, 5.74) is 18.3. The molecule has 2 atom stereocenters. The molecule has 0 aliphatic rings. The van der Waals surface area contributed by atoms with Gasteiger partial charge >= 0.3 is 0 Å². The summed E-state index contributed by atoms with van der Waals surface area (Å²) in [6, 6.07) is 15.5. The normalized spacial score (nSPS) is 14.1. The van der Waals surface area contributed by atoms with E-state index in [4.69, 9.17) is 22.7 Å². The third kappa shape index (κ3) is 3.15. The Bertz CT molecular complexity index is 732. The maximum Gasteiger partial charge on any atom is 0.0834 e. The summed E-state index contributed by atoms with van der Waals surface area (Å²) >= 11 is 5.90. The summed E-state index contributed by atoms with van der Waals surface area (Å²) < 4.78 is 0. The van der Waals surface area contributed by atoms with Crippen molar-refractivity contribution in [1.82, 2.24) is 0 Å². The van der Waals surface area contributed by atoms with E-state index in [1.54, 1.807) is 31.2 Å². The molecular formula is C15H13ClN6. The molecule has 0 spiro atoms. The average Bonchev–Trinajstić information content (AvgIpc) is 2.54. The molecule has 7 heteroatoms. The first-order valence-electron chi connectivity index (χ1n) is 6.53. The molecule has 2 aromatic rings. The zero-order valence-electron chi connectivity index (χ0n) is 11.8. The Hall–Kier alpha value is -2.65. The van der Waals surface area contributed by atoms with Gasteiger partial charge in [-0.05, 0) is 41.2 Å². The Morgan fingerprint density at radius 1 is 1.00 bits per heavy atom. The minimum atomic E-state index is -1.05. The van der Waals surface area contributed by atoms with Gasteiger partial charge in [-0.3, -0.25) is 0 Å². The highest BCUT2D eigenvalue weighted by atomic mass is 35.5. The molecular weight excluding hydrogens is 300 g/mol. The van der Waals surface area contributed by atoms with Crippen LogP contribution in [0.2, 0.25) is 5.02 Å². The van der Waals surface area contributed by atoms with Gasteiger partial charge in [0.15, 0.2) is 0 Å². The summed E-state index contributed by atoms with van der Waals surface area (Å²) in [5, 5.41) is 8.37. The lowest BCUT2D eigenvalue weighted by Gasteiger charge is -2.31. The Labute approximate surface area is 132 Å². The van der Waals surface area contributed by atoms with E-state index in [9.17, 15) is 0 Å². The highest BCUT2D eigenvalue weighted by molar-refractivity contribution is 6.30. The molecule has 110 valence electrons. The molecule has 0 radical (unpaired) electrons. The van der Waals surface area contributed by atoms with Crippen LogP contribution in [0.3, 0.4) is 0 Å². The molecule has 0 fully saturated rings. The monoisotopic (exact) mass is 312 g/mol. The average molecular weight is 313 g/mol. The fourth-order valence-corrected chi connectivity index (χ4v) is 2.47. The van der Waals surface area contributed by atoms with E-state index < -0.39 is 11.6 Å². The van der Waals surface area contributed by atoms with Crippen LogP contribution in [0, 0.1) is 0 Å². The van der Waals surface area contributed by atoms with E-state index in [0.29, 0.717) is 5.02 Å². The lowest BCUT2D eigenvalue weighted by molar-refractivity contribution is 0.395. The molecule has 22 heavy (non-hydrogen) atoms. The van der Waals surface area contributed by atoms with Crippen molar-refractivity contribution in [3.8, 4) is 0 Å². The first kappa shape index (κ1) is 15.7. The van der Waals surface area contributed by atoms with Crippen LogP contribution in [0.1, 0.15) is 24.1 Å². The highest BCUT2D eigenvalue weighted by Crippen LogP contribution is 2.41. The Morgan fingerprint density at radius 2 is 1.64 bits per heavy atom. The summed E-state index contributed by atoms with van der Waals surface area (Å²) in [6.07, 6.45) is 0. The van der Waals surface area contributed by atoms with Gasteiger partial charge in [-0.25, -0.2) is 0 Å². The van der Waals surface area contributed by atoms with Gasteiger partial charge in [0.25, 0.3) is 0 Å². The highest BCUT2D eigenvalue weighted by Gasteiger charge is 2.35. The lowest BCUT2D eigenvalue weighted by Crippen LogP contribution is -2.26. The molecule has 6 nitrogen and oxygen atoms in total. The van der Waals surface area contributed by atoms with E-state index in [2.05, 4.69) is 20.1 Å². The van der Waals surface area contributed by atoms with Crippen molar-refractivity contribution < 1.29 is 0 Å². The van der Waals surface area contributed by atoms with Crippen molar-refractivity contribution in [3.05, 3.63) is 91.6 Å². The zero-order valence-corrected chi connectivity index (χ0v) is 12.6. The second kappa shape index (κ2) is 6.87. The quantitative estimate of drug-likeness (QED) is 0.372. The van der Waals surface area contributed by atoms with E-state index in [0.717, 1.165) is 11.1 Å². The number of azide groups is 2. The molecule has 0 saturated heterocycles. The molecule has 0 aromatic heterocycles.